The third kappa shape index (κ3) is 3.87. The van der Waals surface area contributed by atoms with E-state index in [1.807, 2.05) is 44.2 Å². The van der Waals surface area contributed by atoms with Crippen molar-refractivity contribution >= 4 is 28.4 Å². The SMILES string of the molecule is CCC(=O)N(Cc1ccc2c(c1)OCO2)Cc1cc2ccc(C)c(C)c2nc1Cl. The molecule has 2 heterocycles. The highest BCUT2D eigenvalue weighted by Gasteiger charge is 2.19. The van der Waals surface area contributed by atoms with Crippen LogP contribution in [0.4, 0.5) is 0 Å². The number of benzene rings is 2. The first kappa shape index (κ1) is 19.5. The zero-order valence-corrected chi connectivity index (χ0v) is 17.5. The van der Waals surface area contributed by atoms with Crippen LogP contribution in [0.2, 0.25) is 5.15 Å². The van der Waals surface area contributed by atoms with Crippen molar-refractivity contribution in [1.82, 2.24) is 9.88 Å². The maximum atomic E-state index is 12.6. The zero-order valence-electron chi connectivity index (χ0n) is 16.8. The predicted molar refractivity (Wildman–Crippen MR) is 113 cm³/mol. The molecule has 0 N–H and O–H groups in total. The fraction of sp³-hybridized carbons (Fsp3) is 0.304. The van der Waals surface area contributed by atoms with Crippen LogP contribution in [0.15, 0.2) is 36.4 Å². The van der Waals surface area contributed by atoms with Gasteiger partial charge in [0.2, 0.25) is 12.7 Å². The summed E-state index contributed by atoms with van der Waals surface area (Å²) in [7, 11) is 0. The van der Waals surface area contributed by atoms with Crippen LogP contribution in [-0.2, 0) is 17.9 Å². The summed E-state index contributed by atoms with van der Waals surface area (Å²) in [6, 6.07) is 11.9. The van der Waals surface area contributed by atoms with Gasteiger partial charge in [0.15, 0.2) is 11.5 Å². The van der Waals surface area contributed by atoms with E-state index in [1.165, 1.54) is 5.56 Å². The first-order valence-corrected chi connectivity index (χ1v) is 10.1. The van der Waals surface area contributed by atoms with Crippen molar-refractivity contribution in [2.45, 2.75) is 40.3 Å². The number of carbonyl (C=O) groups excluding carboxylic acids is 1. The Labute approximate surface area is 175 Å². The molecule has 1 aliphatic rings. The molecule has 1 aliphatic heterocycles. The smallest absolute Gasteiger partial charge is 0.231 e. The van der Waals surface area contributed by atoms with E-state index in [9.17, 15) is 4.79 Å². The highest BCUT2D eigenvalue weighted by atomic mass is 35.5. The van der Waals surface area contributed by atoms with E-state index in [2.05, 4.69) is 18.0 Å². The normalized spacial score (nSPS) is 12.4. The van der Waals surface area contributed by atoms with Crippen LogP contribution < -0.4 is 9.47 Å². The van der Waals surface area contributed by atoms with Crippen molar-refractivity contribution in [2.75, 3.05) is 6.79 Å². The fourth-order valence-corrected chi connectivity index (χ4v) is 3.73. The number of aryl methyl sites for hydroxylation is 2. The molecule has 2 aromatic carbocycles. The van der Waals surface area contributed by atoms with Gasteiger partial charge in [-0.05, 0) is 48.7 Å². The standard InChI is InChI=1S/C23H23ClN2O3/c1-4-21(27)26(11-16-6-8-19-20(9-16)29-13-28-19)12-18-10-17-7-5-14(2)15(3)22(17)25-23(18)24/h5-10H,4,11-13H2,1-3H3. The topological polar surface area (TPSA) is 51.7 Å². The van der Waals surface area contributed by atoms with Gasteiger partial charge >= 0.3 is 0 Å². The Balaban J connectivity index is 1.64. The molecule has 1 amide bonds. The van der Waals surface area contributed by atoms with Crippen LogP contribution in [0, 0.1) is 13.8 Å². The van der Waals surface area contributed by atoms with Gasteiger partial charge < -0.3 is 14.4 Å². The van der Waals surface area contributed by atoms with E-state index in [0.717, 1.165) is 33.3 Å². The summed E-state index contributed by atoms with van der Waals surface area (Å²) in [6.07, 6.45) is 0.418. The number of hydrogen-bond donors (Lipinski definition) is 0. The van der Waals surface area contributed by atoms with Gasteiger partial charge in [0.1, 0.15) is 5.15 Å². The molecule has 0 spiro atoms. The summed E-state index contributed by atoms with van der Waals surface area (Å²) in [6.45, 7) is 7.06. The molecule has 0 saturated heterocycles. The van der Waals surface area contributed by atoms with Gasteiger partial charge in [-0.25, -0.2) is 4.98 Å². The summed E-state index contributed by atoms with van der Waals surface area (Å²) in [4.78, 5) is 19.1. The molecule has 1 aromatic heterocycles. The van der Waals surface area contributed by atoms with Crippen LogP contribution in [0.25, 0.3) is 10.9 Å². The second-order valence-corrected chi connectivity index (χ2v) is 7.67. The third-order valence-corrected chi connectivity index (χ3v) is 5.69. The average Bonchev–Trinajstić information content (AvgIpc) is 3.18. The number of carbonyl (C=O) groups is 1. The lowest BCUT2D eigenvalue weighted by molar-refractivity contribution is -0.132. The van der Waals surface area contributed by atoms with Crippen molar-refractivity contribution in [2.24, 2.45) is 0 Å². The highest BCUT2D eigenvalue weighted by molar-refractivity contribution is 6.30. The Bertz CT molecular complexity index is 1100. The largest absolute Gasteiger partial charge is 0.454 e. The van der Waals surface area contributed by atoms with Crippen molar-refractivity contribution in [3.8, 4) is 11.5 Å². The monoisotopic (exact) mass is 410 g/mol. The first-order chi connectivity index (χ1) is 14.0. The number of fused-ring (bicyclic) bond motifs is 2. The van der Waals surface area contributed by atoms with E-state index in [4.69, 9.17) is 21.1 Å². The Morgan fingerprint density at radius 2 is 1.90 bits per heavy atom. The predicted octanol–water partition coefficient (Wildman–Crippen LogP) is 5.17. The second kappa shape index (κ2) is 7.91. The van der Waals surface area contributed by atoms with Gasteiger partial charge in [-0.2, -0.15) is 0 Å². The van der Waals surface area contributed by atoms with Crippen molar-refractivity contribution in [3.05, 3.63) is 63.8 Å². The summed E-state index contributed by atoms with van der Waals surface area (Å²) in [5.41, 5.74) is 5.03. The minimum absolute atomic E-state index is 0.0546. The first-order valence-electron chi connectivity index (χ1n) is 9.68. The highest BCUT2D eigenvalue weighted by Crippen LogP contribution is 2.33. The summed E-state index contributed by atoms with van der Waals surface area (Å²) in [5.74, 6) is 1.50. The lowest BCUT2D eigenvalue weighted by Crippen LogP contribution is -2.29. The number of aromatic nitrogens is 1. The third-order valence-electron chi connectivity index (χ3n) is 5.36. The van der Waals surface area contributed by atoms with Gasteiger partial charge in [-0.1, -0.05) is 36.7 Å². The number of nitrogens with zero attached hydrogens (tertiary/aromatic N) is 2. The molecule has 0 radical (unpaired) electrons. The number of hydrogen-bond acceptors (Lipinski definition) is 4. The minimum atomic E-state index is 0.0546. The number of rotatable bonds is 5. The van der Waals surface area contributed by atoms with E-state index < -0.39 is 0 Å². The molecular weight excluding hydrogens is 388 g/mol. The maximum Gasteiger partial charge on any atom is 0.231 e. The molecule has 6 heteroatoms. The van der Waals surface area contributed by atoms with Crippen LogP contribution in [-0.4, -0.2) is 22.6 Å². The number of pyridine rings is 1. The molecule has 0 fully saturated rings. The molecule has 5 nitrogen and oxygen atoms in total. The molecule has 3 aromatic rings. The van der Waals surface area contributed by atoms with Gasteiger partial charge in [0.05, 0.1) is 5.52 Å². The number of halogens is 1. The van der Waals surface area contributed by atoms with Gasteiger partial charge in [0.25, 0.3) is 0 Å². The van der Waals surface area contributed by atoms with Crippen molar-refractivity contribution in [1.29, 1.82) is 0 Å². The minimum Gasteiger partial charge on any atom is -0.454 e. The molecule has 0 saturated carbocycles. The molecular formula is C23H23ClN2O3. The van der Waals surface area contributed by atoms with Gasteiger partial charge in [-0.3, -0.25) is 4.79 Å². The molecule has 150 valence electrons. The molecule has 0 aliphatic carbocycles. The number of amides is 1. The van der Waals surface area contributed by atoms with Crippen molar-refractivity contribution < 1.29 is 14.3 Å². The average molecular weight is 411 g/mol. The Morgan fingerprint density at radius 3 is 2.69 bits per heavy atom. The summed E-state index contributed by atoms with van der Waals surface area (Å²) in [5, 5.41) is 1.46. The molecule has 29 heavy (non-hydrogen) atoms. The zero-order chi connectivity index (χ0) is 20.5. The molecule has 0 unspecified atom stereocenters. The number of ether oxygens (including phenoxy) is 2. The van der Waals surface area contributed by atoms with E-state index in [0.29, 0.717) is 30.4 Å². The van der Waals surface area contributed by atoms with Crippen LogP contribution in [0.5, 0.6) is 11.5 Å². The molecule has 4 rings (SSSR count). The quantitative estimate of drug-likeness (QED) is 0.544. The van der Waals surface area contributed by atoms with E-state index in [1.54, 1.807) is 4.90 Å². The van der Waals surface area contributed by atoms with Crippen LogP contribution >= 0.6 is 11.6 Å². The Kier molecular flexibility index (Phi) is 5.33. The van der Waals surface area contributed by atoms with Crippen LogP contribution in [0.3, 0.4) is 0 Å². The Hall–Kier alpha value is -2.79. The molecule has 0 atom stereocenters. The maximum absolute atomic E-state index is 12.6. The van der Waals surface area contributed by atoms with Crippen molar-refractivity contribution in [3.63, 3.8) is 0 Å². The lowest BCUT2D eigenvalue weighted by atomic mass is 10.0. The van der Waals surface area contributed by atoms with Gasteiger partial charge in [-0.15, -0.1) is 0 Å². The molecule has 0 bridgehead atoms. The lowest BCUT2D eigenvalue weighted by Gasteiger charge is -2.23. The summed E-state index contributed by atoms with van der Waals surface area (Å²) >= 11 is 6.51. The van der Waals surface area contributed by atoms with Crippen LogP contribution in [0.1, 0.15) is 35.6 Å². The van der Waals surface area contributed by atoms with E-state index >= 15 is 0 Å². The van der Waals surface area contributed by atoms with Gasteiger partial charge in [0, 0.05) is 30.5 Å². The Morgan fingerprint density at radius 1 is 1.10 bits per heavy atom. The second-order valence-electron chi connectivity index (χ2n) is 7.31. The van der Waals surface area contributed by atoms with E-state index in [-0.39, 0.29) is 12.7 Å². The fourth-order valence-electron chi connectivity index (χ4n) is 3.54. The summed E-state index contributed by atoms with van der Waals surface area (Å²) < 4.78 is 10.8.